The van der Waals surface area contributed by atoms with Crippen molar-refractivity contribution in [3.05, 3.63) is 193 Å². The van der Waals surface area contributed by atoms with Crippen molar-refractivity contribution in [2.45, 2.75) is 19.3 Å². The molecule has 10 aromatic rings. The topological polar surface area (TPSA) is 0 Å². The first-order chi connectivity index (χ1) is 26.0. The molecule has 1 aliphatic carbocycles. The summed E-state index contributed by atoms with van der Waals surface area (Å²) < 4.78 is 0. The van der Waals surface area contributed by atoms with E-state index < -0.39 is 0 Å². The molecule has 0 spiro atoms. The molecule has 0 atom stereocenters. The molecule has 0 fully saturated rings. The second-order valence-electron chi connectivity index (χ2n) is 15.3. The molecule has 0 heteroatoms. The molecule has 53 heavy (non-hydrogen) atoms. The van der Waals surface area contributed by atoms with Crippen LogP contribution in [-0.2, 0) is 5.41 Å². The van der Waals surface area contributed by atoms with Crippen LogP contribution in [0.4, 0.5) is 0 Å². The van der Waals surface area contributed by atoms with Gasteiger partial charge in [-0.05, 0) is 134 Å². The molecule has 0 aromatic heterocycles. The van der Waals surface area contributed by atoms with E-state index in [9.17, 15) is 0 Å². The van der Waals surface area contributed by atoms with E-state index in [1.807, 2.05) is 0 Å². The van der Waals surface area contributed by atoms with E-state index in [0.717, 1.165) is 0 Å². The van der Waals surface area contributed by atoms with Crippen LogP contribution in [-0.4, -0.2) is 0 Å². The van der Waals surface area contributed by atoms with Gasteiger partial charge in [0.05, 0.1) is 0 Å². The fourth-order valence-electron chi connectivity index (χ4n) is 9.45. The highest BCUT2D eigenvalue weighted by Crippen LogP contribution is 2.52. The Bertz CT molecular complexity index is 3060. The Kier molecular flexibility index (Phi) is 6.40. The molecule has 0 unspecified atom stereocenters. The smallest absolute Gasteiger partial charge is 0.0165 e. The average Bonchev–Trinajstić information content (AvgIpc) is 3.45. The van der Waals surface area contributed by atoms with Crippen LogP contribution >= 0.6 is 0 Å². The summed E-state index contributed by atoms with van der Waals surface area (Å²) in [7, 11) is 0. The van der Waals surface area contributed by atoms with Gasteiger partial charge in [0.15, 0.2) is 0 Å². The predicted octanol–water partition coefficient (Wildman–Crippen LogP) is 14.7. The number of benzene rings is 10. The summed E-state index contributed by atoms with van der Waals surface area (Å²) in [5.74, 6) is 0. The first-order valence-electron chi connectivity index (χ1n) is 18.7. The van der Waals surface area contributed by atoms with Gasteiger partial charge in [0, 0.05) is 5.41 Å². The molecule has 0 heterocycles. The van der Waals surface area contributed by atoms with Gasteiger partial charge in [-0.25, -0.2) is 0 Å². The Labute approximate surface area is 310 Å². The molecule has 0 aliphatic heterocycles. The van der Waals surface area contributed by atoms with Crippen molar-refractivity contribution in [2.24, 2.45) is 0 Å². The Hall–Kier alpha value is -6.50. The van der Waals surface area contributed by atoms with E-state index in [1.165, 1.54) is 110 Å². The molecule has 0 nitrogen and oxygen atoms in total. The second kappa shape index (κ2) is 11.2. The first kappa shape index (κ1) is 30.2. The average molecular weight is 673 g/mol. The fourth-order valence-corrected chi connectivity index (χ4v) is 9.45. The van der Waals surface area contributed by atoms with Gasteiger partial charge >= 0.3 is 0 Å². The normalized spacial score (nSPS) is 13.2. The zero-order valence-corrected chi connectivity index (χ0v) is 29.8. The molecule has 11 rings (SSSR count). The van der Waals surface area contributed by atoms with Crippen LogP contribution in [0.5, 0.6) is 0 Å². The Balaban J connectivity index is 1.12. The van der Waals surface area contributed by atoms with Crippen LogP contribution in [0.3, 0.4) is 0 Å². The van der Waals surface area contributed by atoms with Crippen molar-refractivity contribution in [3.63, 3.8) is 0 Å². The van der Waals surface area contributed by atoms with Crippen LogP contribution in [0.15, 0.2) is 182 Å². The maximum atomic E-state index is 2.47. The summed E-state index contributed by atoms with van der Waals surface area (Å²) in [6.45, 7) is 4.79. The molecular weight excluding hydrogens is 637 g/mol. The molecule has 0 saturated carbocycles. The summed E-state index contributed by atoms with van der Waals surface area (Å²) in [6.07, 6.45) is 0. The third kappa shape index (κ3) is 4.49. The number of rotatable bonds is 4. The van der Waals surface area contributed by atoms with Gasteiger partial charge in [-0.15, -0.1) is 0 Å². The molecule has 0 saturated heterocycles. The minimum atomic E-state index is -0.119. The molecule has 10 aromatic carbocycles. The van der Waals surface area contributed by atoms with Gasteiger partial charge in [-0.1, -0.05) is 172 Å². The van der Waals surface area contributed by atoms with Gasteiger partial charge in [0.25, 0.3) is 0 Å². The molecule has 0 bridgehead atoms. The zero-order valence-electron chi connectivity index (χ0n) is 29.8. The number of hydrogen-bond donors (Lipinski definition) is 0. The molecular formula is C53H36. The summed E-state index contributed by atoms with van der Waals surface area (Å²) in [4.78, 5) is 0. The molecule has 1 aliphatic rings. The lowest BCUT2D eigenvalue weighted by molar-refractivity contribution is 0.666. The SMILES string of the molecule is CC1(C)c2cc(-c3cc(-c4ccccc4)cc(-c4ccc5ccc6c(-c7ccccc7)ccc7ccc4c5c76)c3)ccc2-c2ccc3ccccc3c21. The van der Waals surface area contributed by atoms with Crippen molar-refractivity contribution in [2.75, 3.05) is 0 Å². The quantitative estimate of drug-likeness (QED) is 0.163. The van der Waals surface area contributed by atoms with Crippen molar-refractivity contribution in [3.8, 4) is 55.6 Å². The van der Waals surface area contributed by atoms with E-state index in [1.54, 1.807) is 0 Å². The van der Waals surface area contributed by atoms with Crippen LogP contribution < -0.4 is 0 Å². The van der Waals surface area contributed by atoms with Crippen LogP contribution in [0.2, 0.25) is 0 Å². The minimum absolute atomic E-state index is 0.119. The summed E-state index contributed by atoms with van der Waals surface area (Å²) in [5.41, 5.74) is 15.4. The maximum Gasteiger partial charge on any atom is 0.0165 e. The summed E-state index contributed by atoms with van der Waals surface area (Å²) in [6, 6.07) is 67.9. The van der Waals surface area contributed by atoms with E-state index in [4.69, 9.17) is 0 Å². The van der Waals surface area contributed by atoms with Gasteiger partial charge in [0.1, 0.15) is 0 Å². The largest absolute Gasteiger partial charge is 0.0622 e. The lowest BCUT2D eigenvalue weighted by atomic mass is 9.79. The number of hydrogen-bond acceptors (Lipinski definition) is 0. The van der Waals surface area contributed by atoms with Gasteiger partial charge in [0.2, 0.25) is 0 Å². The third-order valence-electron chi connectivity index (χ3n) is 12.0. The highest BCUT2D eigenvalue weighted by atomic mass is 14.4. The highest BCUT2D eigenvalue weighted by molar-refractivity contribution is 6.27. The van der Waals surface area contributed by atoms with Gasteiger partial charge in [-0.3, -0.25) is 0 Å². The molecule has 0 amide bonds. The molecule has 0 radical (unpaired) electrons. The molecule has 0 N–H and O–H groups in total. The minimum Gasteiger partial charge on any atom is -0.0622 e. The van der Waals surface area contributed by atoms with E-state index in [0.29, 0.717) is 0 Å². The first-order valence-corrected chi connectivity index (χ1v) is 18.7. The van der Waals surface area contributed by atoms with Crippen molar-refractivity contribution < 1.29 is 0 Å². The third-order valence-corrected chi connectivity index (χ3v) is 12.0. The van der Waals surface area contributed by atoms with E-state index in [2.05, 4.69) is 196 Å². The lowest BCUT2D eigenvalue weighted by Gasteiger charge is -2.24. The van der Waals surface area contributed by atoms with E-state index in [-0.39, 0.29) is 5.41 Å². The summed E-state index contributed by atoms with van der Waals surface area (Å²) >= 11 is 0. The standard InChI is InChI=1S/C53H36/c1-53(2)49-32-38(22-25-45(49)48-28-17-35-15-9-10-16-44(35)52(48)53)40-29-39(33-11-5-3-6-12-33)30-41(31-40)43-24-19-37-20-26-46-42(34-13-7-4-8-14-34)23-18-36-21-27-47(43)51(37)50(36)46/h3-32H,1-2H3. The Morgan fingerprint density at radius 3 is 1.51 bits per heavy atom. The molecule has 248 valence electrons. The zero-order chi connectivity index (χ0) is 35.3. The second-order valence-corrected chi connectivity index (χ2v) is 15.3. The number of fused-ring (bicyclic) bond motifs is 5. The van der Waals surface area contributed by atoms with Gasteiger partial charge < -0.3 is 0 Å². The van der Waals surface area contributed by atoms with Crippen molar-refractivity contribution in [1.29, 1.82) is 0 Å². The van der Waals surface area contributed by atoms with Crippen molar-refractivity contribution >= 4 is 43.1 Å². The predicted molar refractivity (Wildman–Crippen MR) is 227 cm³/mol. The van der Waals surface area contributed by atoms with Crippen LogP contribution in [0.25, 0.3) is 98.7 Å². The monoisotopic (exact) mass is 672 g/mol. The Morgan fingerprint density at radius 2 is 0.811 bits per heavy atom. The van der Waals surface area contributed by atoms with Gasteiger partial charge in [-0.2, -0.15) is 0 Å². The maximum absolute atomic E-state index is 2.47. The lowest BCUT2D eigenvalue weighted by Crippen LogP contribution is -2.15. The summed E-state index contributed by atoms with van der Waals surface area (Å²) in [5, 5.41) is 10.5. The van der Waals surface area contributed by atoms with Crippen LogP contribution in [0, 0.1) is 0 Å². The fraction of sp³-hybridized carbons (Fsp3) is 0.0566. The van der Waals surface area contributed by atoms with Crippen LogP contribution in [0.1, 0.15) is 25.0 Å². The Morgan fingerprint density at radius 1 is 0.302 bits per heavy atom. The van der Waals surface area contributed by atoms with E-state index >= 15 is 0 Å². The highest BCUT2D eigenvalue weighted by Gasteiger charge is 2.37. The van der Waals surface area contributed by atoms with Crippen molar-refractivity contribution in [1.82, 2.24) is 0 Å².